The summed E-state index contributed by atoms with van der Waals surface area (Å²) in [5.41, 5.74) is 10.2. The first-order valence-corrected chi connectivity index (χ1v) is 20.0. The molecule has 0 aliphatic heterocycles. The van der Waals surface area contributed by atoms with Gasteiger partial charge in [0.05, 0.1) is 33.9 Å². The number of nitrogens with zero attached hydrogens (tertiary/aromatic N) is 6. The molecule has 0 aliphatic rings. The summed E-state index contributed by atoms with van der Waals surface area (Å²) in [5.74, 6) is -1.21. The van der Waals surface area contributed by atoms with Gasteiger partial charge in [-0.15, -0.1) is 23.2 Å². The normalized spacial score (nSPS) is 11.0. The number of carbonyl (C=O) groups excluding carboxylic acids is 5. The first-order chi connectivity index (χ1) is 29.1. The number of nitrogens with two attached hydrogens (primary N) is 1. The molecule has 0 fully saturated rings. The first kappa shape index (κ1) is 43.5. The summed E-state index contributed by atoms with van der Waals surface area (Å²) in [6, 6.07) is 16.9. The van der Waals surface area contributed by atoms with Crippen LogP contribution in [0.15, 0.2) is 79.3 Å². The SMILES string of the molecule is Cn1cc(NC(=O)c2cc(NC(=O)c3cc(NC(=O)c4nc5cc(NC(=O)c6ccc(N(CCCl)CCCl)cc6)ccc5n4C)cn3C)cn2C)cc1C(=O)NCCC(=N)N. The zero-order chi connectivity index (χ0) is 44.0. The predicted octanol–water partition coefficient (Wildman–Crippen LogP) is 4.94. The van der Waals surface area contributed by atoms with Gasteiger partial charge in [0, 0.05) is 102 Å². The number of amides is 5. The van der Waals surface area contributed by atoms with Crippen LogP contribution in [0.25, 0.3) is 11.0 Å². The number of carbonyl (C=O) groups is 5. The molecule has 6 aromatic rings. The molecular weight excluding hydrogens is 825 g/mol. The molecule has 0 bridgehead atoms. The molecule has 8 N–H and O–H groups in total. The highest BCUT2D eigenvalue weighted by molar-refractivity contribution is 6.18. The highest BCUT2D eigenvalue weighted by Crippen LogP contribution is 2.24. The zero-order valence-electron chi connectivity index (χ0n) is 33.8. The van der Waals surface area contributed by atoms with Crippen LogP contribution in [0.1, 0.15) is 58.9 Å². The molecule has 4 aromatic heterocycles. The summed E-state index contributed by atoms with van der Waals surface area (Å²) in [5, 5.41) is 21.2. The number of nitrogens with one attached hydrogen (secondary N) is 6. The third-order valence-corrected chi connectivity index (χ3v) is 10.0. The largest absolute Gasteiger partial charge is 0.388 e. The lowest BCUT2D eigenvalue weighted by Crippen LogP contribution is -2.28. The van der Waals surface area contributed by atoms with E-state index in [2.05, 4.69) is 31.6 Å². The number of rotatable bonds is 17. The standard InChI is InChI=1S/C41H45Cl2N13O5/c1-52-21-26(18-32(52)38(58)46-14-11-35(44)45)48-39(59)33-19-27(22-53(33)2)49-40(60)34-20-28(23-54(34)3)50-41(61)36-51-30-17-25(7-10-31(30)55(36)4)47-37(57)24-5-8-29(9-6-24)56(15-12-42)16-13-43/h5-10,17-23H,11-16H2,1-4H3,(H3,44,45)(H,46,58)(H,47,57)(H,48,59)(H,49,60)(H,50,61). The number of hydrogen-bond donors (Lipinski definition) is 7. The van der Waals surface area contributed by atoms with E-state index in [0.717, 1.165) is 5.69 Å². The summed E-state index contributed by atoms with van der Waals surface area (Å²) in [7, 11) is 6.68. The number of hydrogen-bond acceptors (Lipinski definition) is 8. The number of fused-ring (bicyclic) bond motifs is 1. The second-order valence-electron chi connectivity index (χ2n) is 14.1. The Labute approximate surface area is 360 Å². The number of aryl methyl sites for hydroxylation is 4. The van der Waals surface area contributed by atoms with Gasteiger partial charge in [-0.05, 0) is 60.7 Å². The fourth-order valence-corrected chi connectivity index (χ4v) is 7.04. The Morgan fingerprint density at radius 3 is 1.66 bits per heavy atom. The average molecular weight is 871 g/mol. The number of benzene rings is 2. The topological polar surface area (TPSA) is 231 Å². The molecular formula is C41H45Cl2N13O5. The van der Waals surface area contributed by atoms with Gasteiger partial charge in [0.1, 0.15) is 17.1 Å². The van der Waals surface area contributed by atoms with Crippen molar-refractivity contribution in [2.45, 2.75) is 6.42 Å². The van der Waals surface area contributed by atoms with E-state index in [9.17, 15) is 24.0 Å². The minimum absolute atomic E-state index is 0.0399. The fourth-order valence-electron chi connectivity index (χ4n) is 6.64. The monoisotopic (exact) mass is 869 g/mol. The van der Waals surface area contributed by atoms with E-state index < -0.39 is 17.7 Å². The summed E-state index contributed by atoms with van der Waals surface area (Å²) < 4.78 is 6.30. The Kier molecular flexibility index (Phi) is 13.5. The maximum absolute atomic E-state index is 13.5. The number of aromatic nitrogens is 5. The van der Waals surface area contributed by atoms with Crippen LogP contribution in [-0.4, -0.2) is 90.0 Å². The summed E-state index contributed by atoms with van der Waals surface area (Å²) >= 11 is 11.9. The van der Waals surface area contributed by atoms with Crippen molar-refractivity contribution in [3.05, 3.63) is 108 Å². The second kappa shape index (κ2) is 18.9. The Hall–Kier alpha value is -7.05. The van der Waals surface area contributed by atoms with Crippen LogP contribution in [-0.2, 0) is 28.2 Å². The van der Waals surface area contributed by atoms with Gasteiger partial charge >= 0.3 is 0 Å². The van der Waals surface area contributed by atoms with Crippen LogP contribution in [0.2, 0.25) is 0 Å². The van der Waals surface area contributed by atoms with Crippen LogP contribution in [0.5, 0.6) is 0 Å². The molecule has 6 rings (SSSR count). The van der Waals surface area contributed by atoms with Crippen molar-refractivity contribution < 1.29 is 24.0 Å². The molecule has 0 unspecified atom stereocenters. The molecule has 318 valence electrons. The van der Waals surface area contributed by atoms with Crippen molar-refractivity contribution in [2.75, 3.05) is 57.6 Å². The van der Waals surface area contributed by atoms with E-state index in [-0.39, 0.29) is 47.8 Å². The van der Waals surface area contributed by atoms with Gasteiger partial charge in [-0.2, -0.15) is 0 Å². The molecule has 5 amide bonds. The van der Waals surface area contributed by atoms with Crippen LogP contribution in [0, 0.1) is 5.41 Å². The van der Waals surface area contributed by atoms with Crippen LogP contribution >= 0.6 is 23.2 Å². The van der Waals surface area contributed by atoms with Gasteiger partial charge in [0.15, 0.2) is 5.82 Å². The van der Waals surface area contributed by atoms with E-state index in [4.69, 9.17) is 34.3 Å². The Balaban J connectivity index is 1.06. The van der Waals surface area contributed by atoms with Crippen LogP contribution < -0.4 is 37.2 Å². The van der Waals surface area contributed by atoms with Crippen molar-refractivity contribution in [3.63, 3.8) is 0 Å². The fraction of sp³-hybridized carbons (Fsp3) is 0.244. The smallest absolute Gasteiger partial charge is 0.291 e. The van der Waals surface area contributed by atoms with Crippen molar-refractivity contribution in [2.24, 2.45) is 33.9 Å². The van der Waals surface area contributed by atoms with Gasteiger partial charge in [0.25, 0.3) is 29.5 Å². The maximum Gasteiger partial charge on any atom is 0.291 e. The predicted molar refractivity (Wildman–Crippen MR) is 238 cm³/mol. The van der Waals surface area contributed by atoms with E-state index >= 15 is 0 Å². The lowest BCUT2D eigenvalue weighted by Gasteiger charge is -2.22. The number of amidine groups is 1. The maximum atomic E-state index is 13.5. The number of anilines is 5. The van der Waals surface area contributed by atoms with Crippen molar-refractivity contribution in [1.82, 2.24) is 28.6 Å². The third-order valence-electron chi connectivity index (χ3n) is 9.71. The van der Waals surface area contributed by atoms with Crippen molar-refractivity contribution >= 4 is 98.0 Å². The molecule has 20 heteroatoms. The van der Waals surface area contributed by atoms with E-state index in [1.165, 1.54) is 18.2 Å². The first-order valence-electron chi connectivity index (χ1n) is 18.9. The zero-order valence-corrected chi connectivity index (χ0v) is 35.3. The second-order valence-corrected chi connectivity index (χ2v) is 14.9. The van der Waals surface area contributed by atoms with Gasteiger partial charge in [0.2, 0.25) is 0 Å². The van der Waals surface area contributed by atoms with E-state index in [1.54, 1.807) is 95.4 Å². The number of imidazole rings is 1. The van der Waals surface area contributed by atoms with Gasteiger partial charge in [-0.25, -0.2) is 4.98 Å². The molecule has 61 heavy (non-hydrogen) atoms. The Morgan fingerprint density at radius 1 is 0.656 bits per heavy atom. The lowest BCUT2D eigenvalue weighted by atomic mass is 10.1. The minimum Gasteiger partial charge on any atom is -0.388 e. The Morgan fingerprint density at radius 2 is 1.15 bits per heavy atom. The molecule has 0 saturated heterocycles. The third kappa shape index (κ3) is 10.2. The van der Waals surface area contributed by atoms with Crippen LogP contribution in [0.4, 0.5) is 28.4 Å². The minimum atomic E-state index is -0.517. The molecule has 0 atom stereocenters. The molecule has 2 aromatic carbocycles. The van der Waals surface area contributed by atoms with Crippen molar-refractivity contribution in [1.29, 1.82) is 5.41 Å². The van der Waals surface area contributed by atoms with Gasteiger partial charge in [-0.1, -0.05) is 0 Å². The molecule has 4 heterocycles. The van der Waals surface area contributed by atoms with Gasteiger partial charge in [-0.3, -0.25) is 29.4 Å². The molecule has 0 radical (unpaired) electrons. The van der Waals surface area contributed by atoms with E-state index in [1.807, 2.05) is 17.0 Å². The molecule has 0 aliphatic carbocycles. The van der Waals surface area contributed by atoms with Crippen molar-refractivity contribution in [3.8, 4) is 0 Å². The lowest BCUT2D eigenvalue weighted by molar-refractivity contribution is 0.0943. The highest BCUT2D eigenvalue weighted by atomic mass is 35.5. The highest BCUT2D eigenvalue weighted by Gasteiger charge is 2.21. The summed E-state index contributed by atoms with van der Waals surface area (Å²) in [6.45, 7) is 1.46. The molecule has 0 saturated carbocycles. The number of alkyl halides is 2. The van der Waals surface area contributed by atoms with Crippen LogP contribution in [0.3, 0.4) is 0 Å². The Bertz CT molecular complexity index is 2630. The van der Waals surface area contributed by atoms with Gasteiger partial charge < -0.3 is 55.5 Å². The number of halogens is 2. The summed E-state index contributed by atoms with van der Waals surface area (Å²) in [6.07, 6.45) is 4.98. The molecule has 18 nitrogen and oxygen atoms in total. The van der Waals surface area contributed by atoms with E-state index in [0.29, 0.717) is 69.9 Å². The summed E-state index contributed by atoms with van der Waals surface area (Å²) in [4.78, 5) is 72.3. The average Bonchev–Trinajstić information content (AvgIpc) is 3.97. The quantitative estimate of drug-likeness (QED) is 0.0376. The molecule has 0 spiro atoms.